The Labute approximate surface area is 197 Å². The molecule has 0 radical (unpaired) electrons. The van der Waals surface area contributed by atoms with Gasteiger partial charge < -0.3 is 14.6 Å². The van der Waals surface area contributed by atoms with E-state index in [4.69, 9.17) is 9.72 Å². The first-order chi connectivity index (χ1) is 16.6. The molecule has 2 aromatic heterocycles. The van der Waals surface area contributed by atoms with Crippen molar-refractivity contribution >= 4 is 28.6 Å². The molecule has 0 bridgehead atoms. The summed E-state index contributed by atoms with van der Waals surface area (Å²) >= 11 is 0. The molecule has 1 amide bonds. The third-order valence-electron chi connectivity index (χ3n) is 6.22. The van der Waals surface area contributed by atoms with Crippen molar-refractivity contribution in [2.75, 3.05) is 12.4 Å². The number of hydrogen-bond acceptors (Lipinski definition) is 6. The molecule has 0 aliphatic heterocycles. The maximum atomic E-state index is 11.9. The van der Waals surface area contributed by atoms with Crippen LogP contribution in [0.5, 0.6) is 11.5 Å². The average molecular weight is 458 g/mol. The molecule has 0 spiro atoms. The Morgan fingerprint density at radius 1 is 1.06 bits per heavy atom. The van der Waals surface area contributed by atoms with E-state index in [0.29, 0.717) is 17.4 Å². The smallest absolute Gasteiger partial charge is 0.293 e. The number of carbonyl (C=O) groups is 1. The predicted molar refractivity (Wildman–Crippen MR) is 130 cm³/mol. The van der Waals surface area contributed by atoms with Gasteiger partial charge in [0, 0.05) is 31.1 Å². The van der Waals surface area contributed by atoms with Crippen molar-refractivity contribution < 1.29 is 14.4 Å². The summed E-state index contributed by atoms with van der Waals surface area (Å²) in [5, 5.41) is 3.47. The van der Waals surface area contributed by atoms with Gasteiger partial charge in [-0.1, -0.05) is 25.0 Å². The van der Waals surface area contributed by atoms with Crippen molar-refractivity contribution in [1.82, 2.24) is 20.0 Å². The van der Waals surface area contributed by atoms with E-state index in [-0.39, 0.29) is 5.69 Å². The summed E-state index contributed by atoms with van der Waals surface area (Å²) in [5.41, 5.74) is 6.67. The summed E-state index contributed by atoms with van der Waals surface area (Å²) in [6.45, 7) is 0. The molecule has 5 rings (SSSR count). The van der Waals surface area contributed by atoms with E-state index in [2.05, 4.69) is 44.9 Å². The lowest BCUT2D eigenvalue weighted by Crippen LogP contribution is -2.22. The summed E-state index contributed by atoms with van der Waals surface area (Å²) in [5.74, 6) is 2.09. The number of hydroxylamine groups is 1. The average Bonchev–Trinajstić information content (AvgIpc) is 3.49. The van der Waals surface area contributed by atoms with E-state index in [1.165, 1.54) is 44.6 Å². The second kappa shape index (κ2) is 9.52. The normalized spacial score (nSPS) is 13.8. The number of benzene rings is 2. The first kappa shape index (κ1) is 21.9. The minimum absolute atomic E-state index is 0.199. The quantitative estimate of drug-likeness (QED) is 0.359. The van der Waals surface area contributed by atoms with E-state index in [0.717, 1.165) is 22.7 Å². The molecule has 1 fully saturated rings. The highest BCUT2D eigenvalue weighted by Gasteiger charge is 2.17. The summed E-state index contributed by atoms with van der Waals surface area (Å²) in [6.07, 6.45) is 6.70. The summed E-state index contributed by atoms with van der Waals surface area (Å²) in [4.78, 5) is 25.4. The van der Waals surface area contributed by atoms with Crippen LogP contribution in [0.3, 0.4) is 0 Å². The highest BCUT2D eigenvalue weighted by atomic mass is 16.6. The van der Waals surface area contributed by atoms with E-state index < -0.39 is 5.91 Å². The topological polar surface area (TPSA) is 90.3 Å². The van der Waals surface area contributed by atoms with Crippen LogP contribution in [0.2, 0.25) is 0 Å². The Morgan fingerprint density at radius 2 is 1.88 bits per heavy atom. The highest BCUT2D eigenvalue weighted by Crippen LogP contribution is 2.35. The van der Waals surface area contributed by atoms with Gasteiger partial charge in [-0.3, -0.25) is 14.6 Å². The number of carbonyl (C=O) groups excluding carboxylic acids is 1. The lowest BCUT2D eigenvalue weighted by Gasteiger charge is -2.12. The SMILES string of the molecule is CONC(=O)c1cc(Oc2ccc3c(c2)nc(Nc2cccc(C4CCCC4)c2)n3C)ccn1. The van der Waals surface area contributed by atoms with Gasteiger partial charge in [0.15, 0.2) is 0 Å². The van der Waals surface area contributed by atoms with Gasteiger partial charge in [-0.25, -0.2) is 10.5 Å². The van der Waals surface area contributed by atoms with Gasteiger partial charge in [0.1, 0.15) is 17.2 Å². The molecular weight excluding hydrogens is 430 g/mol. The van der Waals surface area contributed by atoms with E-state index >= 15 is 0 Å². The number of anilines is 2. The number of fused-ring (bicyclic) bond motifs is 1. The minimum atomic E-state index is -0.444. The van der Waals surface area contributed by atoms with Crippen LogP contribution in [0, 0.1) is 0 Å². The Balaban J connectivity index is 1.36. The lowest BCUT2D eigenvalue weighted by molar-refractivity contribution is 0.0532. The number of imidazole rings is 1. The maximum absolute atomic E-state index is 11.9. The third kappa shape index (κ3) is 4.58. The van der Waals surface area contributed by atoms with E-state index in [9.17, 15) is 4.79 Å². The maximum Gasteiger partial charge on any atom is 0.293 e. The molecule has 0 atom stereocenters. The molecule has 8 nitrogen and oxygen atoms in total. The molecule has 0 unspecified atom stereocenters. The zero-order chi connectivity index (χ0) is 23.5. The second-order valence-electron chi connectivity index (χ2n) is 8.49. The number of ether oxygens (including phenoxy) is 1. The van der Waals surface area contributed by atoms with Gasteiger partial charge in [0.25, 0.3) is 5.91 Å². The van der Waals surface area contributed by atoms with Crippen molar-refractivity contribution in [2.45, 2.75) is 31.6 Å². The summed E-state index contributed by atoms with van der Waals surface area (Å²) < 4.78 is 7.99. The second-order valence-corrected chi connectivity index (χ2v) is 8.49. The molecule has 1 aliphatic carbocycles. The van der Waals surface area contributed by atoms with Crippen molar-refractivity contribution in [1.29, 1.82) is 0 Å². The molecule has 2 aromatic carbocycles. The highest BCUT2D eigenvalue weighted by molar-refractivity contribution is 5.91. The van der Waals surface area contributed by atoms with E-state index in [1.54, 1.807) is 12.1 Å². The zero-order valence-electron chi connectivity index (χ0n) is 19.2. The third-order valence-corrected chi connectivity index (χ3v) is 6.22. The Bertz CT molecular complexity index is 1330. The molecule has 34 heavy (non-hydrogen) atoms. The zero-order valence-corrected chi connectivity index (χ0v) is 19.2. The number of aromatic nitrogens is 3. The standard InChI is InChI=1S/C26H27N5O3/c1-31-24-11-10-20(34-21-12-13-27-23(16-21)25(32)30-33-2)15-22(24)29-26(31)28-19-9-5-8-18(14-19)17-6-3-4-7-17/h5,8-17H,3-4,6-7H2,1-2H3,(H,28,29)(H,30,32). The van der Waals surface area contributed by atoms with Gasteiger partial charge in [0.05, 0.1) is 18.1 Å². The monoisotopic (exact) mass is 457 g/mol. The van der Waals surface area contributed by atoms with Gasteiger partial charge >= 0.3 is 0 Å². The fourth-order valence-corrected chi connectivity index (χ4v) is 4.49. The largest absolute Gasteiger partial charge is 0.457 e. The lowest BCUT2D eigenvalue weighted by atomic mass is 9.97. The fraction of sp³-hybridized carbons (Fsp3) is 0.269. The number of rotatable bonds is 7. The first-order valence-electron chi connectivity index (χ1n) is 11.4. The number of aryl methyl sites for hydroxylation is 1. The molecular formula is C26H27N5O3. The number of pyridine rings is 1. The van der Waals surface area contributed by atoms with Crippen LogP contribution in [-0.4, -0.2) is 27.6 Å². The molecule has 174 valence electrons. The fourth-order valence-electron chi connectivity index (χ4n) is 4.49. The van der Waals surface area contributed by atoms with Crippen LogP contribution < -0.4 is 15.5 Å². The number of amides is 1. The van der Waals surface area contributed by atoms with Crippen LogP contribution >= 0.6 is 0 Å². The number of nitrogens with zero attached hydrogens (tertiary/aromatic N) is 3. The van der Waals surface area contributed by atoms with Crippen LogP contribution in [0.25, 0.3) is 11.0 Å². The van der Waals surface area contributed by atoms with Gasteiger partial charge in [-0.15, -0.1) is 0 Å². The van der Waals surface area contributed by atoms with E-state index in [1.807, 2.05) is 29.8 Å². The Kier molecular flexibility index (Phi) is 6.14. The molecule has 4 aromatic rings. The Morgan fingerprint density at radius 3 is 2.71 bits per heavy atom. The van der Waals surface area contributed by atoms with Crippen molar-refractivity contribution in [3.05, 3.63) is 72.1 Å². The minimum Gasteiger partial charge on any atom is -0.457 e. The molecule has 1 saturated carbocycles. The van der Waals surface area contributed by atoms with Crippen LogP contribution in [0.4, 0.5) is 11.6 Å². The molecule has 1 aliphatic rings. The van der Waals surface area contributed by atoms with Crippen molar-refractivity contribution in [3.8, 4) is 11.5 Å². The molecule has 8 heteroatoms. The van der Waals surface area contributed by atoms with Crippen LogP contribution in [-0.2, 0) is 11.9 Å². The number of hydrogen-bond donors (Lipinski definition) is 2. The van der Waals surface area contributed by atoms with Crippen LogP contribution in [0.1, 0.15) is 47.7 Å². The number of nitrogens with one attached hydrogen (secondary N) is 2. The van der Waals surface area contributed by atoms with Gasteiger partial charge in [-0.05, 0) is 54.7 Å². The molecule has 2 heterocycles. The predicted octanol–water partition coefficient (Wildman–Crippen LogP) is 5.45. The molecule has 2 N–H and O–H groups in total. The van der Waals surface area contributed by atoms with Gasteiger partial charge in [0.2, 0.25) is 5.95 Å². The molecule has 0 saturated heterocycles. The van der Waals surface area contributed by atoms with Crippen molar-refractivity contribution in [3.63, 3.8) is 0 Å². The summed E-state index contributed by atoms with van der Waals surface area (Å²) in [7, 11) is 3.36. The van der Waals surface area contributed by atoms with Crippen LogP contribution in [0.15, 0.2) is 60.8 Å². The summed E-state index contributed by atoms with van der Waals surface area (Å²) in [6, 6.07) is 17.6. The van der Waals surface area contributed by atoms with Gasteiger partial charge in [-0.2, -0.15) is 0 Å². The first-order valence-corrected chi connectivity index (χ1v) is 11.4. The van der Waals surface area contributed by atoms with Crippen molar-refractivity contribution in [2.24, 2.45) is 7.05 Å². The Hall–Kier alpha value is -3.91.